The summed E-state index contributed by atoms with van der Waals surface area (Å²) >= 11 is 1.25. The third-order valence-electron chi connectivity index (χ3n) is 2.91. The maximum absolute atomic E-state index is 11.8. The Hall–Kier alpha value is -1.63. The molecule has 1 aromatic heterocycles. The topological polar surface area (TPSA) is 105 Å². The van der Waals surface area contributed by atoms with E-state index in [9.17, 15) is 14.7 Å². The van der Waals surface area contributed by atoms with Gasteiger partial charge >= 0.3 is 5.97 Å². The number of amides is 1. The summed E-state index contributed by atoms with van der Waals surface area (Å²) in [5.74, 6) is -1.37. The van der Waals surface area contributed by atoms with E-state index in [0.717, 1.165) is 0 Å². The monoisotopic (exact) mass is 271 g/mol. The molecule has 0 atom stereocenters. The summed E-state index contributed by atoms with van der Waals surface area (Å²) in [6.07, 6.45) is 0.719. The van der Waals surface area contributed by atoms with Crippen molar-refractivity contribution in [3.05, 3.63) is 11.1 Å². The standard InChI is InChI=1S/C11H17N3O3S/c1-3-11(4-2,9(16)17)14-8(15)5-7-6-18-10(12)13-7/h6H,3-5H2,1-2H3,(H2,12,13)(H,14,15)(H,16,17). The molecule has 4 N–H and O–H groups in total. The molecular weight excluding hydrogens is 254 g/mol. The molecule has 18 heavy (non-hydrogen) atoms. The number of hydrogen-bond donors (Lipinski definition) is 3. The van der Waals surface area contributed by atoms with Crippen LogP contribution in [0.3, 0.4) is 0 Å². The van der Waals surface area contributed by atoms with Gasteiger partial charge in [-0.1, -0.05) is 13.8 Å². The summed E-state index contributed by atoms with van der Waals surface area (Å²) in [7, 11) is 0. The lowest BCUT2D eigenvalue weighted by atomic mass is 9.92. The molecule has 0 bridgehead atoms. The Labute approximate surface area is 109 Å². The number of nitrogens with two attached hydrogens (primary N) is 1. The number of carbonyl (C=O) groups excluding carboxylic acids is 1. The first-order valence-electron chi connectivity index (χ1n) is 5.67. The molecule has 0 radical (unpaired) electrons. The molecule has 0 fully saturated rings. The van der Waals surface area contributed by atoms with E-state index >= 15 is 0 Å². The predicted molar refractivity (Wildman–Crippen MR) is 69.3 cm³/mol. The molecule has 0 aliphatic carbocycles. The van der Waals surface area contributed by atoms with E-state index in [1.54, 1.807) is 19.2 Å². The van der Waals surface area contributed by atoms with E-state index in [0.29, 0.717) is 23.7 Å². The number of aliphatic carboxylic acids is 1. The maximum atomic E-state index is 11.8. The van der Waals surface area contributed by atoms with Gasteiger partial charge in [-0.25, -0.2) is 9.78 Å². The van der Waals surface area contributed by atoms with Crippen LogP contribution in [0.15, 0.2) is 5.38 Å². The lowest BCUT2D eigenvalue weighted by molar-refractivity contribution is -0.148. The van der Waals surface area contributed by atoms with Crippen molar-refractivity contribution in [2.45, 2.75) is 38.6 Å². The number of aromatic nitrogens is 1. The number of carboxylic acids is 1. The van der Waals surface area contributed by atoms with Crippen molar-refractivity contribution in [2.75, 3.05) is 5.73 Å². The molecule has 0 spiro atoms. The fraction of sp³-hybridized carbons (Fsp3) is 0.545. The fourth-order valence-electron chi connectivity index (χ4n) is 1.66. The summed E-state index contributed by atoms with van der Waals surface area (Å²) in [6.45, 7) is 3.47. The molecule has 0 aromatic carbocycles. The molecule has 1 aromatic rings. The third-order valence-corrected chi connectivity index (χ3v) is 3.63. The number of nitrogens with zero attached hydrogens (tertiary/aromatic N) is 1. The van der Waals surface area contributed by atoms with E-state index in [1.807, 2.05) is 0 Å². The Morgan fingerprint density at radius 1 is 1.50 bits per heavy atom. The minimum atomic E-state index is -1.20. The number of thiazole rings is 1. The minimum Gasteiger partial charge on any atom is -0.480 e. The highest BCUT2D eigenvalue weighted by molar-refractivity contribution is 7.13. The summed E-state index contributed by atoms with van der Waals surface area (Å²) < 4.78 is 0. The molecule has 0 aliphatic heterocycles. The van der Waals surface area contributed by atoms with Gasteiger partial charge in [0.15, 0.2) is 5.13 Å². The lowest BCUT2D eigenvalue weighted by Crippen LogP contribution is -2.54. The zero-order chi connectivity index (χ0) is 13.8. The van der Waals surface area contributed by atoms with Gasteiger partial charge in [0.05, 0.1) is 12.1 Å². The molecule has 100 valence electrons. The molecule has 1 rings (SSSR count). The first-order valence-corrected chi connectivity index (χ1v) is 6.55. The zero-order valence-electron chi connectivity index (χ0n) is 10.4. The largest absolute Gasteiger partial charge is 0.480 e. The van der Waals surface area contributed by atoms with Gasteiger partial charge in [-0.15, -0.1) is 11.3 Å². The summed E-state index contributed by atoms with van der Waals surface area (Å²) in [5.41, 5.74) is 4.82. The van der Waals surface area contributed by atoms with Crippen molar-refractivity contribution < 1.29 is 14.7 Å². The SMILES string of the molecule is CCC(CC)(NC(=O)Cc1csc(N)n1)C(=O)O. The summed E-state index contributed by atoms with van der Waals surface area (Å²) in [5, 5.41) is 13.9. The van der Waals surface area contributed by atoms with E-state index in [4.69, 9.17) is 5.73 Å². The fourth-order valence-corrected chi connectivity index (χ4v) is 2.22. The van der Waals surface area contributed by atoms with Crippen molar-refractivity contribution in [3.8, 4) is 0 Å². The Morgan fingerprint density at radius 2 is 2.11 bits per heavy atom. The van der Waals surface area contributed by atoms with Gasteiger partial charge < -0.3 is 16.2 Å². The van der Waals surface area contributed by atoms with Crippen LogP contribution in [-0.4, -0.2) is 27.5 Å². The van der Waals surface area contributed by atoms with Gasteiger partial charge in [-0.3, -0.25) is 4.79 Å². The highest BCUT2D eigenvalue weighted by Gasteiger charge is 2.36. The van der Waals surface area contributed by atoms with Gasteiger partial charge in [-0.2, -0.15) is 0 Å². The average molecular weight is 271 g/mol. The molecular formula is C11H17N3O3S. The van der Waals surface area contributed by atoms with Crippen molar-refractivity contribution in [3.63, 3.8) is 0 Å². The Balaban J connectivity index is 2.70. The van der Waals surface area contributed by atoms with Crippen molar-refractivity contribution in [2.24, 2.45) is 0 Å². The van der Waals surface area contributed by atoms with E-state index in [1.165, 1.54) is 11.3 Å². The molecule has 0 aliphatic rings. The van der Waals surface area contributed by atoms with E-state index < -0.39 is 11.5 Å². The highest BCUT2D eigenvalue weighted by atomic mass is 32.1. The minimum absolute atomic E-state index is 0.0444. The molecule has 0 unspecified atom stereocenters. The average Bonchev–Trinajstić information content (AvgIpc) is 2.71. The van der Waals surface area contributed by atoms with Crippen molar-refractivity contribution in [1.29, 1.82) is 0 Å². The molecule has 0 saturated carbocycles. The van der Waals surface area contributed by atoms with Gasteiger partial charge in [0.25, 0.3) is 0 Å². The number of hydrogen-bond acceptors (Lipinski definition) is 5. The second-order valence-corrected chi connectivity index (χ2v) is 4.89. The number of rotatable bonds is 6. The van der Waals surface area contributed by atoms with Gasteiger partial charge in [0.1, 0.15) is 5.54 Å². The number of nitrogen functional groups attached to an aromatic ring is 1. The molecule has 0 saturated heterocycles. The molecule has 1 amide bonds. The first-order chi connectivity index (χ1) is 8.43. The van der Waals surface area contributed by atoms with Crippen LogP contribution in [0.25, 0.3) is 0 Å². The zero-order valence-corrected chi connectivity index (χ0v) is 11.2. The summed E-state index contributed by atoms with van der Waals surface area (Å²) in [6, 6.07) is 0. The van der Waals surface area contributed by atoms with Gasteiger partial charge in [0, 0.05) is 5.38 Å². The normalized spacial score (nSPS) is 11.2. The van der Waals surface area contributed by atoms with E-state index in [-0.39, 0.29) is 12.3 Å². The lowest BCUT2D eigenvalue weighted by Gasteiger charge is -2.27. The number of carbonyl (C=O) groups is 2. The number of nitrogens with one attached hydrogen (secondary N) is 1. The van der Waals surface area contributed by atoms with Gasteiger partial charge in [-0.05, 0) is 12.8 Å². The smallest absolute Gasteiger partial charge is 0.329 e. The van der Waals surface area contributed by atoms with E-state index in [2.05, 4.69) is 10.3 Å². The molecule has 7 heteroatoms. The van der Waals surface area contributed by atoms with Crippen LogP contribution in [0, 0.1) is 0 Å². The van der Waals surface area contributed by atoms with Crippen LogP contribution in [-0.2, 0) is 16.0 Å². The first kappa shape index (κ1) is 14.4. The van der Waals surface area contributed by atoms with Crippen molar-refractivity contribution >= 4 is 28.3 Å². The highest BCUT2D eigenvalue weighted by Crippen LogP contribution is 2.16. The quantitative estimate of drug-likeness (QED) is 0.716. The van der Waals surface area contributed by atoms with Crippen LogP contribution < -0.4 is 11.1 Å². The van der Waals surface area contributed by atoms with Crippen LogP contribution in [0.1, 0.15) is 32.4 Å². The van der Waals surface area contributed by atoms with Crippen LogP contribution in [0.5, 0.6) is 0 Å². The Bertz CT molecular complexity index is 440. The van der Waals surface area contributed by atoms with Crippen LogP contribution in [0.2, 0.25) is 0 Å². The number of carboxylic acid groups (broad SMARTS) is 1. The van der Waals surface area contributed by atoms with Crippen LogP contribution >= 0.6 is 11.3 Å². The number of anilines is 1. The molecule has 1 heterocycles. The second-order valence-electron chi connectivity index (χ2n) is 4.00. The summed E-state index contributed by atoms with van der Waals surface area (Å²) in [4.78, 5) is 27.0. The maximum Gasteiger partial charge on any atom is 0.329 e. The van der Waals surface area contributed by atoms with Crippen LogP contribution in [0.4, 0.5) is 5.13 Å². The van der Waals surface area contributed by atoms with Gasteiger partial charge in [0.2, 0.25) is 5.91 Å². The third kappa shape index (κ3) is 3.19. The predicted octanol–water partition coefficient (Wildman–Crippen LogP) is 1.03. The Morgan fingerprint density at radius 3 is 2.50 bits per heavy atom. The Kier molecular flexibility index (Phi) is 4.66. The molecule has 6 nitrogen and oxygen atoms in total. The second kappa shape index (κ2) is 5.81. The van der Waals surface area contributed by atoms with Crippen molar-refractivity contribution in [1.82, 2.24) is 10.3 Å².